The van der Waals surface area contributed by atoms with Crippen molar-refractivity contribution in [1.82, 2.24) is 4.90 Å². The van der Waals surface area contributed by atoms with E-state index in [1.165, 1.54) is 22.3 Å². The maximum atomic E-state index is 5.61. The van der Waals surface area contributed by atoms with Gasteiger partial charge in [-0.2, -0.15) is 0 Å². The molecule has 2 nitrogen and oxygen atoms in total. The first-order valence-corrected chi connectivity index (χ1v) is 6.93. The van der Waals surface area contributed by atoms with E-state index in [1.807, 2.05) is 0 Å². The summed E-state index contributed by atoms with van der Waals surface area (Å²) in [5.74, 6) is 0. The quantitative estimate of drug-likeness (QED) is 0.839. The van der Waals surface area contributed by atoms with Gasteiger partial charge in [-0.1, -0.05) is 12.1 Å². The number of benzene rings is 1. The van der Waals surface area contributed by atoms with E-state index < -0.39 is 0 Å². The molecule has 0 bridgehead atoms. The molecular weight excluding hydrogens is 220 g/mol. The Morgan fingerprint density at radius 3 is 2.44 bits per heavy atom. The highest BCUT2D eigenvalue weighted by atomic mass is 15.1. The molecule has 0 aliphatic heterocycles. The Balaban J connectivity index is 2.61. The van der Waals surface area contributed by atoms with Gasteiger partial charge in [0.1, 0.15) is 0 Å². The van der Waals surface area contributed by atoms with Crippen LogP contribution >= 0.6 is 0 Å². The summed E-state index contributed by atoms with van der Waals surface area (Å²) in [7, 11) is 2.19. The van der Waals surface area contributed by atoms with Crippen molar-refractivity contribution in [3.05, 3.63) is 34.4 Å². The largest absolute Gasteiger partial charge is 0.330 e. The molecule has 0 heterocycles. The number of hydrogen-bond donors (Lipinski definition) is 1. The lowest BCUT2D eigenvalue weighted by molar-refractivity contribution is 0.251. The van der Waals surface area contributed by atoms with Gasteiger partial charge in [0.05, 0.1) is 0 Å². The fourth-order valence-electron chi connectivity index (χ4n) is 2.26. The molecule has 2 N–H and O–H groups in total. The number of aryl methyl sites for hydroxylation is 1. The summed E-state index contributed by atoms with van der Waals surface area (Å²) in [6, 6.07) is 5.09. The van der Waals surface area contributed by atoms with Gasteiger partial charge in [0.25, 0.3) is 0 Å². The molecule has 0 aliphatic carbocycles. The third-order valence-corrected chi connectivity index (χ3v) is 4.24. The van der Waals surface area contributed by atoms with Gasteiger partial charge in [-0.25, -0.2) is 0 Å². The molecule has 1 unspecified atom stereocenters. The summed E-state index contributed by atoms with van der Waals surface area (Å²) < 4.78 is 0. The second-order valence-electron chi connectivity index (χ2n) is 5.45. The first-order chi connectivity index (χ1) is 8.47. The minimum atomic E-state index is 0.571. The van der Waals surface area contributed by atoms with Crippen molar-refractivity contribution in [3.8, 4) is 0 Å². The number of rotatable bonds is 6. The molecule has 0 aliphatic rings. The highest BCUT2D eigenvalue weighted by molar-refractivity contribution is 5.38. The van der Waals surface area contributed by atoms with Crippen LogP contribution in [0.3, 0.4) is 0 Å². The van der Waals surface area contributed by atoms with E-state index in [9.17, 15) is 0 Å². The third-order valence-electron chi connectivity index (χ3n) is 4.24. The van der Waals surface area contributed by atoms with Crippen molar-refractivity contribution >= 4 is 0 Å². The van der Waals surface area contributed by atoms with Crippen molar-refractivity contribution in [2.75, 3.05) is 20.1 Å². The van der Waals surface area contributed by atoms with Crippen LogP contribution in [0.25, 0.3) is 0 Å². The Labute approximate surface area is 112 Å². The summed E-state index contributed by atoms with van der Waals surface area (Å²) in [5, 5.41) is 0. The first kappa shape index (κ1) is 15.2. The van der Waals surface area contributed by atoms with Gasteiger partial charge >= 0.3 is 0 Å². The van der Waals surface area contributed by atoms with Crippen LogP contribution in [0.2, 0.25) is 0 Å². The van der Waals surface area contributed by atoms with E-state index in [0.29, 0.717) is 6.04 Å². The van der Waals surface area contributed by atoms with Gasteiger partial charge in [-0.3, -0.25) is 0 Å². The van der Waals surface area contributed by atoms with Gasteiger partial charge in [0, 0.05) is 12.6 Å². The standard InChI is InChI=1S/C16H28N2/c1-12-6-7-16(15(4)14(12)3)9-11-18(5)13(2)8-10-17/h6-7,13H,8-11,17H2,1-5H3. The predicted octanol–water partition coefficient (Wildman–Crippen LogP) is 2.82. The van der Waals surface area contributed by atoms with Crippen molar-refractivity contribution in [2.45, 2.75) is 46.6 Å². The maximum Gasteiger partial charge on any atom is 0.00760 e. The van der Waals surface area contributed by atoms with Gasteiger partial charge in [0.15, 0.2) is 0 Å². The molecule has 18 heavy (non-hydrogen) atoms. The Hall–Kier alpha value is -0.860. The molecular formula is C16H28N2. The molecule has 0 saturated heterocycles. The lowest BCUT2D eigenvalue weighted by Gasteiger charge is -2.24. The van der Waals surface area contributed by atoms with Crippen LogP contribution in [-0.4, -0.2) is 31.1 Å². The van der Waals surface area contributed by atoms with Crippen LogP contribution in [-0.2, 0) is 6.42 Å². The minimum Gasteiger partial charge on any atom is -0.330 e. The average molecular weight is 248 g/mol. The molecule has 0 spiro atoms. The lowest BCUT2D eigenvalue weighted by atomic mass is 9.97. The number of hydrogen-bond acceptors (Lipinski definition) is 2. The molecule has 1 aromatic rings. The Morgan fingerprint density at radius 2 is 1.83 bits per heavy atom. The van der Waals surface area contributed by atoms with E-state index in [0.717, 1.165) is 25.9 Å². The molecule has 0 saturated carbocycles. The normalized spacial score (nSPS) is 13.1. The summed E-state index contributed by atoms with van der Waals surface area (Å²) >= 11 is 0. The number of nitrogens with zero attached hydrogens (tertiary/aromatic N) is 1. The molecule has 1 aromatic carbocycles. The van der Waals surface area contributed by atoms with Gasteiger partial charge < -0.3 is 10.6 Å². The Bertz CT molecular complexity index is 385. The van der Waals surface area contributed by atoms with Crippen LogP contribution in [0.1, 0.15) is 35.6 Å². The van der Waals surface area contributed by atoms with Crippen LogP contribution in [0.5, 0.6) is 0 Å². The smallest absolute Gasteiger partial charge is 0.00760 e. The molecule has 0 amide bonds. The second-order valence-corrected chi connectivity index (χ2v) is 5.45. The minimum absolute atomic E-state index is 0.571. The summed E-state index contributed by atoms with van der Waals surface area (Å²) in [6.45, 7) is 10.8. The predicted molar refractivity (Wildman–Crippen MR) is 80.1 cm³/mol. The summed E-state index contributed by atoms with van der Waals surface area (Å²) in [6.07, 6.45) is 2.20. The molecule has 1 rings (SSSR count). The first-order valence-electron chi connectivity index (χ1n) is 6.93. The molecule has 1 atom stereocenters. The van der Waals surface area contributed by atoms with Crippen LogP contribution in [0.4, 0.5) is 0 Å². The van der Waals surface area contributed by atoms with Gasteiger partial charge in [0.2, 0.25) is 0 Å². The topological polar surface area (TPSA) is 29.3 Å². The van der Waals surface area contributed by atoms with Gasteiger partial charge in [-0.15, -0.1) is 0 Å². The monoisotopic (exact) mass is 248 g/mol. The van der Waals surface area contributed by atoms with E-state index in [-0.39, 0.29) is 0 Å². The number of likely N-dealkylation sites (N-methyl/N-ethyl adjacent to an activating group) is 1. The highest BCUT2D eigenvalue weighted by Gasteiger charge is 2.09. The van der Waals surface area contributed by atoms with E-state index >= 15 is 0 Å². The zero-order chi connectivity index (χ0) is 13.7. The fourth-order valence-corrected chi connectivity index (χ4v) is 2.26. The van der Waals surface area contributed by atoms with Crippen molar-refractivity contribution in [1.29, 1.82) is 0 Å². The van der Waals surface area contributed by atoms with Crippen LogP contribution < -0.4 is 5.73 Å². The molecule has 0 fully saturated rings. The highest BCUT2D eigenvalue weighted by Crippen LogP contribution is 2.18. The van der Waals surface area contributed by atoms with E-state index in [4.69, 9.17) is 5.73 Å². The van der Waals surface area contributed by atoms with E-state index in [1.54, 1.807) is 0 Å². The fraction of sp³-hybridized carbons (Fsp3) is 0.625. The third kappa shape index (κ3) is 3.82. The Kier molecular flexibility index (Phi) is 5.83. The SMILES string of the molecule is Cc1ccc(CCN(C)C(C)CCN)c(C)c1C. The lowest BCUT2D eigenvalue weighted by Crippen LogP contribution is -2.32. The molecule has 2 heteroatoms. The maximum absolute atomic E-state index is 5.61. The summed E-state index contributed by atoms with van der Waals surface area (Å²) in [5.41, 5.74) is 11.4. The van der Waals surface area contributed by atoms with E-state index in [2.05, 4.69) is 51.8 Å². The molecule has 0 aromatic heterocycles. The van der Waals surface area contributed by atoms with Crippen LogP contribution in [0.15, 0.2) is 12.1 Å². The zero-order valence-electron chi connectivity index (χ0n) is 12.6. The average Bonchev–Trinajstić information content (AvgIpc) is 2.35. The van der Waals surface area contributed by atoms with Gasteiger partial charge in [-0.05, 0) is 76.4 Å². The Morgan fingerprint density at radius 1 is 1.17 bits per heavy atom. The number of nitrogens with two attached hydrogens (primary N) is 1. The van der Waals surface area contributed by atoms with Crippen molar-refractivity contribution < 1.29 is 0 Å². The van der Waals surface area contributed by atoms with Crippen molar-refractivity contribution in [2.24, 2.45) is 5.73 Å². The van der Waals surface area contributed by atoms with Crippen molar-refractivity contribution in [3.63, 3.8) is 0 Å². The molecule has 102 valence electrons. The zero-order valence-corrected chi connectivity index (χ0v) is 12.6. The summed E-state index contributed by atoms with van der Waals surface area (Å²) in [4.78, 5) is 2.40. The second kappa shape index (κ2) is 6.91. The molecule has 0 radical (unpaired) electrons. The van der Waals surface area contributed by atoms with Crippen LogP contribution in [0, 0.1) is 20.8 Å².